The molecule has 6 nitrogen and oxygen atoms in total. The highest BCUT2D eigenvalue weighted by atomic mass is 16.2. The van der Waals surface area contributed by atoms with Crippen molar-refractivity contribution in [2.24, 2.45) is 34.5 Å². The first-order valence-corrected chi connectivity index (χ1v) is 13.0. The SMILES string of the molecule is CC(C)NC(=O)N(C(=O)[C@H]1CC[C@H]2[C@@H]3CC=C4N(C)C(=O)CC[C@]4(C)[C@H]3CC[C@]12C)C(C)C. The number of allylic oxidation sites excluding steroid dienone is 2. The van der Waals surface area contributed by atoms with Crippen molar-refractivity contribution >= 4 is 17.8 Å². The van der Waals surface area contributed by atoms with E-state index in [0.717, 1.165) is 38.5 Å². The van der Waals surface area contributed by atoms with Crippen molar-refractivity contribution in [3.8, 4) is 0 Å². The Morgan fingerprint density at radius 3 is 2.42 bits per heavy atom. The minimum absolute atomic E-state index is 0.00151. The van der Waals surface area contributed by atoms with Gasteiger partial charge in [-0.25, -0.2) is 4.79 Å². The van der Waals surface area contributed by atoms with E-state index >= 15 is 0 Å². The Morgan fingerprint density at radius 1 is 1.09 bits per heavy atom. The third-order valence-electron chi connectivity index (χ3n) is 9.70. The third kappa shape index (κ3) is 3.72. The van der Waals surface area contributed by atoms with Gasteiger partial charge in [-0.15, -0.1) is 0 Å². The number of piperidine rings is 1. The Bertz CT molecular complexity index is 865. The zero-order valence-corrected chi connectivity index (χ0v) is 21.6. The molecule has 1 aliphatic heterocycles. The second kappa shape index (κ2) is 8.42. The molecule has 6 atom stereocenters. The third-order valence-corrected chi connectivity index (χ3v) is 9.70. The minimum atomic E-state index is -0.265. The van der Waals surface area contributed by atoms with Gasteiger partial charge in [0.25, 0.3) is 0 Å². The molecule has 1 saturated heterocycles. The van der Waals surface area contributed by atoms with Crippen LogP contribution in [-0.2, 0) is 9.59 Å². The first-order valence-electron chi connectivity index (χ1n) is 13.0. The summed E-state index contributed by atoms with van der Waals surface area (Å²) in [5.41, 5.74) is 1.21. The molecule has 184 valence electrons. The number of nitrogens with zero attached hydrogens (tertiary/aromatic N) is 2. The van der Waals surface area contributed by atoms with Crippen molar-refractivity contribution in [1.82, 2.24) is 15.1 Å². The van der Waals surface area contributed by atoms with Crippen LogP contribution in [0.5, 0.6) is 0 Å². The van der Waals surface area contributed by atoms with Gasteiger partial charge in [0, 0.05) is 42.6 Å². The van der Waals surface area contributed by atoms with Gasteiger partial charge in [-0.05, 0) is 89.4 Å². The van der Waals surface area contributed by atoms with Crippen LogP contribution in [0.25, 0.3) is 0 Å². The summed E-state index contributed by atoms with van der Waals surface area (Å²) in [4.78, 5) is 42.4. The van der Waals surface area contributed by atoms with Crippen molar-refractivity contribution in [3.63, 3.8) is 0 Å². The summed E-state index contributed by atoms with van der Waals surface area (Å²) in [7, 11) is 1.94. The zero-order chi connectivity index (χ0) is 24.3. The molecule has 4 aliphatic rings. The van der Waals surface area contributed by atoms with Gasteiger partial charge in [-0.2, -0.15) is 0 Å². The summed E-state index contributed by atoms with van der Waals surface area (Å²) >= 11 is 0. The molecule has 0 spiro atoms. The number of carbonyl (C=O) groups excluding carboxylic acids is 3. The van der Waals surface area contributed by atoms with Crippen molar-refractivity contribution in [3.05, 3.63) is 11.8 Å². The molecule has 0 radical (unpaired) electrons. The largest absolute Gasteiger partial charge is 0.335 e. The van der Waals surface area contributed by atoms with Gasteiger partial charge in [0.1, 0.15) is 0 Å². The van der Waals surface area contributed by atoms with E-state index in [0.29, 0.717) is 24.2 Å². The Labute approximate surface area is 199 Å². The average Bonchev–Trinajstić information content (AvgIpc) is 3.07. The highest BCUT2D eigenvalue weighted by Gasteiger charge is 2.61. The van der Waals surface area contributed by atoms with Crippen LogP contribution in [0.1, 0.15) is 86.5 Å². The molecule has 0 aromatic carbocycles. The van der Waals surface area contributed by atoms with Crippen LogP contribution in [0.4, 0.5) is 4.79 Å². The molecular formula is C27H43N3O3. The van der Waals surface area contributed by atoms with E-state index in [1.54, 1.807) is 0 Å². The van der Waals surface area contributed by atoms with Crippen molar-refractivity contribution < 1.29 is 14.4 Å². The van der Waals surface area contributed by atoms with E-state index in [1.807, 2.05) is 39.6 Å². The lowest BCUT2D eigenvalue weighted by Gasteiger charge is -2.58. The second-order valence-electron chi connectivity index (χ2n) is 12.2. The average molecular weight is 458 g/mol. The van der Waals surface area contributed by atoms with Gasteiger partial charge in [0.05, 0.1) is 0 Å². The Morgan fingerprint density at radius 2 is 1.79 bits per heavy atom. The molecule has 3 aliphatic carbocycles. The number of carbonyl (C=O) groups is 3. The van der Waals surface area contributed by atoms with Crippen LogP contribution < -0.4 is 5.32 Å². The molecule has 0 aromatic heterocycles. The van der Waals surface area contributed by atoms with Gasteiger partial charge >= 0.3 is 6.03 Å². The normalized spacial score (nSPS) is 37.9. The fourth-order valence-electron chi connectivity index (χ4n) is 8.06. The van der Waals surface area contributed by atoms with E-state index in [-0.39, 0.29) is 46.7 Å². The molecule has 0 bridgehead atoms. The number of nitrogens with one attached hydrogen (secondary N) is 1. The standard InChI is InChI=1S/C27H43N3O3/c1-16(2)28-25(33)30(17(3)4)24(32)21-10-9-19-18-8-11-22-27(6,15-13-23(31)29(22)7)20(18)12-14-26(19,21)5/h11,16-21H,8-10,12-15H2,1-7H3,(H,28,33)/t18-,19-,20-,21+,26-,27+/m0/s1. The lowest BCUT2D eigenvalue weighted by molar-refractivity contribution is -0.143. The van der Waals surface area contributed by atoms with Gasteiger partial charge in [-0.3, -0.25) is 14.5 Å². The molecular weight excluding hydrogens is 414 g/mol. The fraction of sp³-hybridized carbons (Fsp3) is 0.815. The maximum Gasteiger partial charge on any atom is 0.324 e. The van der Waals surface area contributed by atoms with Gasteiger partial charge in [0.2, 0.25) is 11.8 Å². The molecule has 4 amide bonds. The molecule has 1 N–H and O–H groups in total. The molecule has 1 heterocycles. The smallest absolute Gasteiger partial charge is 0.324 e. The maximum absolute atomic E-state index is 13.8. The highest BCUT2D eigenvalue weighted by Crippen LogP contribution is 2.66. The number of amides is 4. The van der Waals surface area contributed by atoms with E-state index in [1.165, 1.54) is 10.6 Å². The predicted molar refractivity (Wildman–Crippen MR) is 129 cm³/mol. The number of rotatable bonds is 3. The Balaban J connectivity index is 1.60. The summed E-state index contributed by atoms with van der Waals surface area (Å²) in [5, 5.41) is 2.93. The first kappa shape index (κ1) is 24.3. The van der Waals surface area contributed by atoms with Gasteiger partial charge in [0.15, 0.2) is 0 Å². The van der Waals surface area contributed by atoms with Crippen LogP contribution in [0.3, 0.4) is 0 Å². The molecule has 33 heavy (non-hydrogen) atoms. The second-order valence-corrected chi connectivity index (χ2v) is 12.2. The van der Waals surface area contributed by atoms with E-state index in [4.69, 9.17) is 0 Å². The number of likely N-dealkylation sites (tertiary alicyclic amines) is 1. The predicted octanol–water partition coefficient (Wildman–Crippen LogP) is 4.95. The van der Waals surface area contributed by atoms with Crippen molar-refractivity contribution in [2.45, 2.75) is 98.6 Å². The topological polar surface area (TPSA) is 69.7 Å². The van der Waals surface area contributed by atoms with Crippen LogP contribution in [-0.4, -0.2) is 46.8 Å². The number of hydrogen-bond acceptors (Lipinski definition) is 3. The summed E-state index contributed by atoms with van der Waals surface area (Å²) in [6.07, 6.45) is 8.93. The Hall–Kier alpha value is -1.85. The monoisotopic (exact) mass is 457 g/mol. The quantitative estimate of drug-likeness (QED) is 0.652. The molecule has 2 saturated carbocycles. The van der Waals surface area contributed by atoms with E-state index in [2.05, 4.69) is 25.2 Å². The van der Waals surface area contributed by atoms with Crippen LogP contribution in [0.2, 0.25) is 0 Å². The molecule has 3 fully saturated rings. The maximum atomic E-state index is 13.8. The molecule has 0 unspecified atom stereocenters. The van der Waals surface area contributed by atoms with Crippen molar-refractivity contribution in [1.29, 1.82) is 0 Å². The van der Waals surface area contributed by atoms with Crippen LogP contribution >= 0.6 is 0 Å². The molecule has 4 rings (SSSR count). The van der Waals surface area contributed by atoms with Crippen LogP contribution in [0.15, 0.2) is 11.8 Å². The fourth-order valence-corrected chi connectivity index (χ4v) is 8.06. The highest BCUT2D eigenvalue weighted by molar-refractivity contribution is 5.96. The number of hydrogen-bond donors (Lipinski definition) is 1. The zero-order valence-electron chi connectivity index (χ0n) is 21.6. The van der Waals surface area contributed by atoms with Gasteiger partial charge in [-0.1, -0.05) is 19.9 Å². The van der Waals surface area contributed by atoms with E-state index in [9.17, 15) is 14.4 Å². The lowest BCUT2D eigenvalue weighted by atomic mass is 9.49. The van der Waals surface area contributed by atoms with Gasteiger partial charge < -0.3 is 10.2 Å². The number of fused-ring (bicyclic) bond motifs is 5. The summed E-state index contributed by atoms with van der Waals surface area (Å²) < 4.78 is 0. The number of urea groups is 1. The lowest BCUT2D eigenvalue weighted by Crippen LogP contribution is -2.56. The Kier molecular flexibility index (Phi) is 6.20. The minimum Gasteiger partial charge on any atom is -0.335 e. The first-order chi connectivity index (χ1) is 15.4. The summed E-state index contributed by atoms with van der Waals surface area (Å²) in [6.45, 7) is 12.4. The summed E-state index contributed by atoms with van der Waals surface area (Å²) in [6, 6.07) is -0.429. The summed E-state index contributed by atoms with van der Waals surface area (Å²) in [5.74, 6) is 1.74. The number of imide groups is 1. The molecule has 6 heteroatoms. The van der Waals surface area contributed by atoms with E-state index < -0.39 is 0 Å². The van der Waals surface area contributed by atoms with Crippen molar-refractivity contribution in [2.75, 3.05) is 7.05 Å². The van der Waals surface area contributed by atoms with Crippen LogP contribution in [0, 0.1) is 34.5 Å². The molecule has 0 aromatic rings.